The van der Waals surface area contributed by atoms with E-state index in [9.17, 15) is 4.79 Å². The minimum atomic E-state index is -0.304. The molecule has 3 rings (SSSR count). The van der Waals surface area contributed by atoms with E-state index in [1.165, 1.54) is 22.9 Å². The first-order valence-electron chi connectivity index (χ1n) is 9.16. The van der Waals surface area contributed by atoms with Gasteiger partial charge in [-0.2, -0.15) is 4.99 Å². The molecule has 0 saturated carbocycles. The summed E-state index contributed by atoms with van der Waals surface area (Å²) in [5.74, 6) is 1.72. The van der Waals surface area contributed by atoms with Gasteiger partial charge in [-0.1, -0.05) is 38.1 Å². The molecule has 2 N–H and O–H groups in total. The zero-order valence-corrected chi connectivity index (χ0v) is 17.1. The van der Waals surface area contributed by atoms with E-state index in [2.05, 4.69) is 44.0 Å². The fourth-order valence-corrected chi connectivity index (χ4v) is 3.51. The van der Waals surface area contributed by atoms with Gasteiger partial charge in [-0.05, 0) is 65.6 Å². The number of benzene rings is 2. The van der Waals surface area contributed by atoms with Gasteiger partial charge in [0, 0.05) is 0 Å². The lowest BCUT2D eigenvalue weighted by atomic mass is 10.0. The second-order valence-electron chi connectivity index (χ2n) is 6.83. The number of amides is 1. The van der Waals surface area contributed by atoms with Crippen molar-refractivity contribution in [3.63, 3.8) is 0 Å². The molecule has 5 nitrogen and oxygen atoms in total. The van der Waals surface area contributed by atoms with Gasteiger partial charge in [0.05, 0.1) is 4.91 Å². The second kappa shape index (κ2) is 8.97. The van der Waals surface area contributed by atoms with Gasteiger partial charge in [0.15, 0.2) is 5.17 Å². The molecule has 0 saturated heterocycles. The zero-order chi connectivity index (χ0) is 20.1. The highest BCUT2D eigenvalue weighted by Gasteiger charge is 2.19. The topological polar surface area (TPSA) is 73.9 Å². The molecule has 6 heteroatoms. The molecule has 0 radical (unpaired) electrons. The number of nitrogens with zero attached hydrogens (tertiary/aromatic N) is 1. The highest BCUT2D eigenvalue weighted by molar-refractivity contribution is 8.18. The van der Waals surface area contributed by atoms with Crippen molar-refractivity contribution in [2.24, 2.45) is 10.7 Å². The minimum absolute atomic E-state index is 0.276. The quantitative estimate of drug-likeness (QED) is 0.551. The molecule has 0 aliphatic carbocycles. The van der Waals surface area contributed by atoms with E-state index in [0.29, 0.717) is 24.0 Å². The van der Waals surface area contributed by atoms with E-state index in [-0.39, 0.29) is 11.1 Å². The molecule has 0 atom stereocenters. The molecule has 2 aromatic rings. The highest BCUT2D eigenvalue weighted by Crippen LogP contribution is 2.28. The van der Waals surface area contributed by atoms with Crippen LogP contribution in [0.4, 0.5) is 0 Å². The highest BCUT2D eigenvalue weighted by atomic mass is 32.2. The summed E-state index contributed by atoms with van der Waals surface area (Å²) in [6.45, 7) is 7.24. The molecule has 1 heterocycles. The Bertz CT molecular complexity index is 935. The van der Waals surface area contributed by atoms with Gasteiger partial charge in [-0.25, -0.2) is 0 Å². The van der Waals surface area contributed by atoms with E-state index < -0.39 is 0 Å². The summed E-state index contributed by atoms with van der Waals surface area (Å²) in [6, 6.07) is 13.8. The lowest BCUT2D eigenvalue weighted by Gasteiger charge is -2.15. The summed E-state index contributed by atoms with van der Waals surface area (Å²) in [4.78, 5) is 15.9. The third kappa shape index (κ3) is 5.16. The summed E-state index contributed by atoms with van der Waals surface area (Å²) in [6.07, 6.45) is 1.77. The summed E-state index contributed by atoms with van der Waals surface area (Å²) < 4.78 is 11.8. The third-order valence-corrected chi connectivity index (χ3v) is 5.01. The minimum Gasteiger partial charge on any atom is -0.490 e. The Kier molecular flexibility index (Phi) is 6.41. The van der Waals surface area contributed by atoms with Crippen LogP contribution in [0.3, 0.4) is 0 Å². The van der Waals surface area contributed by atoms with Gasteiger partial charge in [-0.3, -0.25) is 4.79 Å². The number of rotatable bonds is 7. The first-order chi connectivity index (χ1) is 13.4. The number of hydrogen-bond acceptors (Lipinski definition) is 5. The van der Waals surface area contributed by atoms with Gasteiger partial charge in [0.2, 0.25) is 0 Å². The molecular weight excluding hydrogens is 372 g/mol. The van der Waals surface area contributed by atoms with Crippen LogP contribution in [0.25, 0.3) is 6.08 Å². The molecule has 2 aromatic carbocycles. The van der Waals surface area contributed by atoms with Crippen LogP contribution in [0.1, 0.15) is 36.5 Å². The molecule has 0 fully saturated rings. The summed E-state index contributed by atoms with van der Waals surface area (Å²) in [5, 5.41) is 0.276. The number of aliphatic imine (C=N–C) groups is 1. The van der Waals surface area contributed by atoms with Crippen molar-refractivity contribution in [1.29, 1.82) is 0 Å². The normalized spacial score (nSPS) is 15.2. The van der Waals surface area contributed by atoms with Crippen molar-refractivity contribution in [3.05, 3.63) is 64.1 Å². The number of hydrogen-bond donors (Lipinski definition) is 1. The lowest BCUT2D eigenvalue weighted by Crippen LogP contribution is -2.10. The van der Waals surface area contributed by atoms with Crippen molar-refractivity contribution in [1.82, 2.24) is 0 Å². The number of amidine groups is 1. The van der Waals surface area contributed by atoms with Crippen molar-refractivity contribution >= 4 is 28.9 Å². The van der Waals surface area contributed by atoms with Gasteiger partial charge < -0.3 is 15.2 Å². The van der Waals surface area contributed by atoms with E-state index in [4.69, 9.17) is 15.2 Å². The zero-order valence-electron chi connectivity index (χ0n) is 16.3. The molecule has 0 spiro atoms. The van der Waals surface area contributed by atoms with Crippen LogP contribution in [0.15, 0.2) is 52.4 Å². The number of ether oxygens (including phenoxy) is 2. The molecule has 146 valence electrons. The van der Waals surface area contributed by atoms with Crippen molar-refractivity contribution < 1.29 is 14.3 Å². The molecule has 1 aliphatic rings. The molecule has 0 aromatic heterocycles. The van der Waals surface area contributed by atoms with Gasteiger partial charge >= 0.3 is 0 Å². The summed E-state index contributed by atoms with van der Waals surface area (Å²) in [7, 11) is 0. The van der Waals surface area contributed by atoms with Gasteiger partial charge in [0.1, 0.15) is 24.7 Å². The van der Waals surface area contributed by atoms with Crippen LogP contribution >= 0.6 is 11.8 Å². The number of carbonyl (C=O) groups is 1. The molecule has 1 amide bonds. The Hall–Kier alpha value is -2.73. The number of aryl methyl sites for hydroxylation is 1. The Labute approximate surface area is 169 Å². The molecule has 0 bridgehead atoms. The first-order valence-corrected chi connectivity index (χ1v) is 9.98. The molecular formula is C22H24N2O3S. The van der Waals surface area contributed by atoms with Crippen LogP contribution in [-0.2, 0) is 4.79 Å². The Morgan fingerprint density at radius 3 is 2.64 bits per heavy atom. The Balaban J connectivity index is 1.57. The molecule has 0 unspecified atom stereocenters. The van der Waals surface area contributed by atoms with E-state index in [1.807, 2.05) is 24.3 Å². The van der Waals surface area contributed by atoms with Crippen molar-refractivity contribution in [2.75, 3.05) is 13.2 Å². The molecule has 1 aliphatic heterocycles. The molecule has 28 heavy (non-hydrogen) atoms. The Morgan fingerprint density at radius 1 is 1.14 bits per heavy atom. The summed E-state index contributed by atoms with van der Waals surface area (Å²) >= 11 is 1.18. The fourth-order valence-electron chi connectivity index (χ4n) is 2.83. The smallest absolute Gasteiger partial charge is 0.286 e. The maximum atomic E-state index is 11.7. The van der Waals surface area contributed by atoms with Crippen LogP contribution in [0, 0.1) is 6.92 Å². The largest absolute Gasteiger partial charge is 0.490 e. The average molecular weight is 397 g/mol. The lowest BCUT2D eigenvalue weighted by molar-refractivity contribution is -0.113. The first kappa shape index (κ1) is 20.0. The average Bonchev–Trinajstić information content (AvgIpc) is 2.96. The van der Waals surface area contributed by atoms with E-state index in [1.54, 1.807) is 6.08 Å². The standard InChI is InChI=1S/C22H24N2O3S/c1-14(2)18-8-7-15(3)11-19(18)27-10-9-26-17-6-4-5-16(12-17)13-20-21(25)24-22(23)28-20/h4-8,11-14H,9-10H2,1-3H3,(H2,23,24,25). The van der Waals surface area contributed by atoms with Crippen LogP contribution in [0.2, 0.25) is 0 Å². The Morgan fingerprint density at radius 2 is 1.93 bits per heavy atom. The fraction of sp³-hybridized carbons (Fsp3) is 0.273. The predicted molar refractivity (Wildman–Crippen MR) is 115 cm³/mol. The van der Waals surface area contributed by atoms with Crippen molar-refractivity contribution in [2.45, 2.75) is 26.7 Å². The van der Waals surface area contributed by atoms with Gasteiger partial charge in [-0.15, -0.1) is 0 Å². The summed E-state index contributed by atoms with van der Waals surface area (Å²) in [5.41, 5.74) is 8.81. The van der Waals surface area contributed by atoms with E-state index in [0.717, 1.165) is 17.1 Å². The van der Waals surface area contributed by atoms with Crippen LogP contribution in [0.5, 0.6) is 11.5 Å². The SMILES string of the molecule is Cc1ccc(C(C)C)c(OCCOc2cccc(C=C3SC(N)=NC3=O)c2)c1. The monoisotopic (exact) mass is 396 g/mol. The number of carbonyl (C=O) groups excluding carboxylic acids is 1. The maximum absolute atomic E-state index is 11.7. The van der Waals surface area contributed by atoms with Crippen molar-refractivity contribution in [3.8, 4) is 11.5 Å². The predicted octanol–water partition coefficient (Wildman–Crippen LogP) is 4.51. The third-order valence-electron chi connectivity index (χ3n) is 4.19. The van der Waals surface area contributed by atoms with E-state index >= 15 is 0 Å². The van der Waals surface area contributed by atoms with Gasteiger partial charge in [0.25, 0.3) is 5.91 Å². The number of nitrogens with two attached hydrogens (primary N) is 1. The maximum Gasteiger partial charge on any atom is 0.286 e. The van der Waals surface area contributed by atoms with Crippen LogP contribution in [-0.4, -0.2) is 24.3 Å². The van der Waals surface area contributed by atoms with Crippen LogP contribution < -0.4 is 15.2 Å². The number of thioether (sulfide) groups is 1. The second-order valence-corrected chi connectivity index (χ2v) is 7.89.